The van der Waals surface area contributed by atoms with Crippen molar-refractivity contribution in [2.45, 2.75) is 26.0 Å². The number of hydrogen-bond acceptors (Lipinski definition) is 4. The maximum absolute atomic E-state index is 10.8. The van der Waals surface area contributed by atoms with Crippen LogP contribution in [0, 0.1) is 0 Å². The second-order valence-corrected chi connectivity index (χ2v) is 2.61. The average molecular weight is 205 g/mol. The van der Waals surface area contributed by atoms with Crippen molar-refractivity contribution in [2.24, 2.45) is 0 Å². The maximum Gasteiger partial charge on any atom is 0.407 e. The highest BCUT2D eigenvalue weighted by molar-refractivity contribution is 5.80. The molecule has 0 aliphatic rings. The van der Waals surface area contributed by atoms with Crippen molar-refractivity contribution >= 4 is 12.1 Å². The van der Waals surface area contributed by atoms with Crippen molar-refractivity contribution < 1.29 is 24.2 Å². The molecular formula is C8H15NO5. The van der Waals surface area contributed by atoms with Crippen LogP contribution in [-0.4, -0.2) is 43.0 Å². The smallest absolute Gasteiger partial charge is 0.407 e. The highest BCUT2D eigenvalue weighted by Gasteiger charge is 2.27. The number of alkyl carbamates (subject to hydrolysis) is 1. The standard InChI is InChI=1S/C8H15NO5/c1-4-14-5(2)6(7(10)11)9-8(12)13-3/h5-6H,4H2,1-3H3,(H,9,12)(H,10,11)/t5-,6+/m1/s1. The number of aliphatic carboxylic acids is 1. The van der Waals surface area contributed by atoms with Crippen molar-refractivity contribution in [1.29, 1.82) is 0 Å². The average Bonchev–Trinajstić information content (AvgIpc) is 2.13. The van der Waals surface area contributed by atoms with Gasteiger partial charge < -0.3 is 19.9 Å². The molecule has 2 N–H and O–H groups in total. The molecule has 14 heavy (non-hydrogen) atoms. The number of carbonyl (C=O) groups is 2. The number of methoxy groups -OCH3 is 1. The molecule has 0 saturated heterocycles. The molecule has 0 radical (unpaired) electrons. The summed E-state index contributed by atoms with van der Waals surface area (Å²) in [5.41, 5.74) is 0. The van der Waals surface area contributed by atoms with Crippen LogP contribution in [0.1, 0.15) is 13.8 Å². The van der Waals surface area contributed by atoms with E-state index in [1.165, 1.54) is 7.11 Å². The van der Waals surface area contributed by atoms with Gasteiger partial charge in [-0.1, -0.05) is 0 Å². The SMILES string of the molecule is CCO[C@H](C)[C@H](NC(=O)OC)C(=O)O. The number of carbonyl (C=O) groups excluding carboxylic acids is 1. The van der Waals surface area contributed by atoms with Gasteiger partial charge >= 0.3 is 12.1 Å². The topological polar surface area (TPSA) is 84.9 Å². The third-order valence-electron chi connectivity index (χ3n) is 1.62. The molecule has 6 nitrogen and oxygen atoms in total. The van der Waals surface area contributed by atoms with Crippen LogP contribution in [0.5, 0.6) is 0 Å². The molecule has 2 atom stereocenters. The minimum Gasteiger partial charge on any atom is -0.480 e. The van der Waals surface area contributed by atoms with Gasteiger partial charge in [0.1, 0.15) is 0 Å². The molecule has 0 aromatic heterocycles. The predicted octanol–water partition coefficient (Wildman–Crippen LogP) is 0.221. The van der Waals surface area contributed by atoms with Gasteiger partial charge in [-0.05, 0) is 13.8 Å². The zero-order valence-corrected chi connectivity index (χ0v) is 8.44. The molecule has 0 rings (SSSR count). The van der Waals surface area contributed by atoms with Gasteiger partial charge in [-0.2, -0.15) is 0 Å². The molecule has 0 aliphatic heterocycles. The monoisotopic (exact) mass is 205 g/mol. The summed E-state index contributed by atoms with van der Waals surface area (Å²) >= 11 is 0. The van der Waals surface area contributed by atoms with E-state index in [-0.39, 0.29) is 0 Å². The number of nitrogens with one attached hydrogen (secondary N) is 1. The van der Waals surface area contributed by atoms with Crippen LogP contribution < -0.4 is 5.32 Å². The summed E-state index contributed by atoms with van der Waals surface area (Å²) in [6, 6.07) is -1.10. The molecule has 0 spiro atoms. The first-order valence-corrected chi connectivity index (χ1v) is 4.21. The van der Waals surface area contributed by atoms with Gasteiger partial charge in [0.25, 0.3) is 0 Å². The van der Waals surface area contributed by atoms with Crippen molar-refractivity contribution in [3.63, 3.8) is 0 Å². The van der Waals surface area contributed by atoms with E-state index in [0.29, 0.717) is 6.61 Å². The molecule has 0 aliphatic carbocycles. The molecule has 0 aromatic rings. The minimum atomic E-state index is -1.16. The minimum absolute atomic E-state index is 0.383. The van der Waals surface area contributed by atoms with Gasteiger partial charge in [-0.3, -0.25) is 0 Å². The van der Waals surface area contributed by atoms with E-state index in [4.69, 9.17) is 9.84 Å². The van der Waals surface area contributed by atoms with Crippen molar-refractivity contribution in [2.75, 3.05) is 13.7 Å². The first kappa shape index (κ1) is 12.7. The van der Waals surface area contributed by atoms with Crippen molar-refractivity contribution in [3.8, 4) is 0 Å². The Labute approximate surface area is 82.2 Å². The van der Waals surface area contributed by atoms with Crippen molar-refractivity contribution in [1.82, 2.24) is 5.32 Å². The number of hydrogen-bond donors (Lipinski definition) is 2. The van der Waals surface area contributed by atoms with Crippen LogP contribution in [-0.2, 0) is 14.3 Å². The lowest BCUT2D eigenvalue weighted by Crippen LogP contribution is -2.48. The fourth-order valence-electron chi connectivity index (χ4n) is 0.925. The maximum atomic E-state index is 10.8. The van der Waals surface area contributed by atoms with Crippen LogP contribution in [0.3, 0.4) is 0 Å². The Kier molecular flexibility index (Phi) is 5.62. The molecule has 0 aromatic carbocycles. The number of rotatable bonds is 5. The zero-order chi connectivity index (χ0) is 11.1. The Morgan fingerprint density at radius 1 is 1.50 bits per heavy atom. The third-order valence-corrected chi connectivity index (χ3v) is 1.62. The Morgan fingerprint density at radius 2 is 2.07 bits per heavy atom. The van der Waals surface area contributed by atoms with Crippen molar-refractivity contribution in [3.05, 3.63) is 0 Å². The Balaban J connectivity index is 4.28. The summed E-state index contributed by atoms with van der Waals surface area (Å²) in [7, 11) is 1.17. The highest BCUT2D eigenvalue weighted by atomic mass is 16.5. The van der Waals surface area contributed by atoms with E-state index in [1.54, 1.807) is 13.8 Å². The predicted molar refractivity (Wildman–Crippen MR) is 48.1 cm³/mol. The molecule has 0 heterocycles. The van der Waals surface area contributed by atoms with Gasteiger partial charge in [0.15, 0.2) is 6.04 Å². The molecule has 0 bridgehead atoms. The summed E-state index contributed by atoms with van der Waals surface area (Å²) in [6.07, 6.45) is -1.39. The van der Waals surface area contributed by atoms with E-state index in [9.17, 15) is 9.59 Å². The Hall–Kier alpha value is -1.30. The lowest BCUT2D eigenvalue weighted by molar-refractivity contribution is -0.143. The normalized spacial score (nSPS) is 14.2. The first-order chi connectivity index (χ1) is 6.52. The lowest BCUT2D eigenvalue weighted by atomic mass is 10.2. The van der Waals surface area contributed by atoms with Crippen LogP contribution in [0.2, 0.25) is 0 Å². The van der Waals surface area contributed by atoms with Gasteiger partial charge in [0.2, 0.25) is 0 Å². The summed E-state index contributed by atoms with van der Waals surface area (Å²) in [6.45, 7) is 3.69. The number of amides is 1. The second kappa shape index (κ2) is 6.20. The van der Waals surface area contributed by atoms with Gasteiger partial charge in [-0.25, -0.2) is 9.59 Å². The summed E-state index contributed by atoms with van der Waals surface area (Å²) < 4.78 is 9.35. The Morgan fingerprint density at radius 3 is 2.43 bits per heavy atom. The quantitative estimate of drug-likeness (QED) is 0.670. The fraction of sp³-hybridized carbons (Fsp3) is 0.750. The second-order valence-electron chi connectivity index (χ2n) is 2.61. The molecule has 0 saturated carbocycles. The zero-order valence-electron chi connectivity index (χ0n) is 8.44. The summed E-state index contributed by atoms with van der Waals surface area (Å²) in [5.74, 6) is -1.16. The van der Waals surface area contributed by atoms with Gasteiger partial charge in [-0.15, -0.1) is 0 Å². The van der Waals surface area contributed by atoms with E-state index in [2.05, 4.69) is 10.1 Å². The van der Waals surface area contributed by atoms with E-state index >= 15 is 0 Å². The van der Waals surface area contributed by atoms with Crippen LogP contribution in [0.15, 0.2) is 0 Å². The number of carboxylic acid groups (broad SMARTS) is 1. The van der Waals surface area contributed by atoms with Crippen LogP contribution >= 0.6 is 0 Å². The molecule has 1 amide bonds. The fourth-order valence-corrected chi connectivity index (χ4v) is 0.925. The molecule has 82 valence electrons. The van der Waals surface area contributed by atoms with E-state index in [1.807, 2.05) is 0 Å². The molecule has 0 fully saturated rings. The Bertz CT molecular complexity index is 206. The molecule has 6 heteroatoms. The molecule has 0 unspecified atom stereocenters. The number of carboxylic acids is 1. The largest absolute Gasteiger partial charge is 0.480 e. The van der Waals surface area contributed by atoms with Gasteiger partial charge in [0, 0.05) is 6.61 Å². The molecular weight excluding hydrogens is 190 g/mol. The van der Waals surface area contributed by atoms with Crippen LogP contribution in [0.25, 0.3) is 0 Å². The first-order valence-electron chi connectivity index (χ1n) is 4.21. The highest BCUT2D eigenvalue weighted by Crippen LogP contribution is 1.99. The summed E-state index contributed by atoms with van der Waals surface area (Å²) in [4.78, 5) is 21.5. The van der Waals surface area contributed by atoms with Crippen LogP contribution in [0.4, 0.5) is 4.79 Å². The van der Waals surface area contributed by atoms with Gasteiger partial charge in [0.05, 0.1) is 13.2 Å². The van der Waals surface area contributed by atoms with E-state index < -0.39 is 24.2 Å². The summed E-state index contributed by atoms with van der Waals surface area (Å²) in [5, 5.41) is 10.9. The lowest BCUT2D eigenvalue weighted by Gasteiger charge is -2.20. The third kappa shape index (κ3) is 4.08. The van der Waals surface area contributed by atoms with E-state index in [0.717, 1.165) is 0 Å². The number of ether oxygens (including phenoxy) is 2.